The molecule has 4 saturated carbocycles. The van der Waals surface area contributed by atoms with E-state index in [2.05, 4.69) is 198 Å². The Hall–Kier alpha value is -7.04. The van der Waals surface area contributed by atoms with Crippen LogP contribution in [0.3, 0.4) is 0 Å². The zero-order chi connectivity index (χ0) is 51.3. The van der Waals surface area contributed by atoms with Crippen LogP contribution in [0.2, 0.25) is 0 Å². The van der Waals surface area contributed by atoms with E-state index in [0.717, 1.165) is 22.8 Å². The van der Waals surface area contributed by atoms with Crippen LogP contribution < -0.4 is 0 Å². The fourth-order valence-electron chi connectivity index (χ4n) is 14.7. The fourth-order valence-corrected chi connectivity index (χ4v) is 14.7. The normalized spacial score (nSPS) is 17.3. The molecule has 4 aliphatic rings. The zero-order valence-corrected chi connectivity index (χ0v) is 45.2. The summed E-state index contributed by atoms with van der Waals surface area (Å²) in [5.41, 5.74) is 20.3. The van der Waals surface area contributed by atoms with E-state index in [-0.39, 0.29) is 5.92 Å². The summed E-state index contributed by atoms with van der Waals surface area (Å²) in [7, 11) is 0. The molecule has 0 saturated heterocycles. The summed E-state index contributed by atoms with van der Waals surface area (Å²) in [4.78, 5) is 10.6. The molecule has 13 rings (SSSR count). The van der Waals surface area contributed by atoms with Crippen molar-refractivity contribution in [3.05, 3.63) is 228 Å². The predicted octanol–water partition coefficient (Wildman–Crippen LogP) is 20.1. The average Bonchev–Trinajstić information content (AvgIpc) is 4.27. The van der Waals surface area contributed by atoms with E-state index in [4.69, 9.17) is 9.97 Å². The molecule has 0 bridgehead atoms. The van der Waals surface area contributed by atoms with Gasteiger partial charge in [-0.05, 0) is 173 Å². The number of rotatable bonds is 13. The van der Waals surface area contributed by atoms with Gasteiger partial charge in [0.2, 0.25) is 0 Å². The Kier molecular flexibility index (Phi) is 14.7. The molecular weight excluding hydrogens is 933 g/mol. The summed E-state index contributed by atoms with van der Waals surface area (Å²) in [5, 5.41) is 0. The van der Waals surface area contributed by atoms with E-state index in [1.54, 1.807) is 0 Å². The molecule has 0 radical (unpaired) electrons. The van der Waals surface area contributed by atoms with E-state index in [0.29, 0.717) is 23.7 Å². The first-order valence-corrected chi connectivity index (χ1v) is 30.0. The molecule has 0 amide bonds. The maximum absolute atomic E-state index is 5.30. The maximum atomic E-state index is 5.30. The van der Waals surface area contributed by atoms with Crippen molar-refractivity contribution in [2.24, 2.45) is 0 Å². The van der Waals surface area contributed by atoms with Crippen molar-refractivity contribution >= 4 is 0 Å². The lowest BCUT2D eigenvalue weighted by Crippen LogP contribution is -2.15. The molecule has 7 aromatic carbocycles. The topological polar surface area (TPSA) is 35.6 Å². The van der Waals surface area contributed by atoms with Gasteiger partial charge in [0, 0.05) is 41.8 Å². The maximum Gasteiger partial charge on any atom is 0.144 e. The molecule has 0 atom stereocenters. The number of nitrogens with zero attached hydrogens (tertiary/aromatic N) is 4. The van der Waals surface area contributed by atoms with Crippen LogP contribution in [-0.4, -0.2) is 19.1 Å². The highest BCUT2D eigenvalue weighted by molar-refractivity contribution is 5.74. The highest BCUT2D eigenvalue weighted by Crippen LogP contribution is 2.48. The van der Waals surface area contributed by atoms with Crippen molar-refractivity contribution in [2.45, 2.75) is 158 Å². The molecule has 0 N–H and O–H groups in total. The Bertz CT molecular complexity index is 3110. The molecule has 2 aromatic heterocycles. The molecule has 388 valence electrons. The van der Waals surface area contributed by atoms with Crippen molar-refractivity contribution in [1.29, 1.82) is 0 Å². The van der Waals surface area contributed by atoms with Crippen LogP contribution in [0.25, 0.3) is 56.4 Å². The molecular formula is C73H76N4. The van der Waals surface area contributed by atoms with Crippen molar-refractivity contribution in [1.82, 2.24) is 19.1 Å². The number of aromatic nitrogens is 4. The number of hydrogen-bond acceptors (Lipinski definition) is 2. The molecule has 0 spiro atoms. The summed E-state index contributed by atoms with van der Waals surface area (Å²) in [5.74, 6) is 4.16. The van der Waals surface area contributed by atoms with Gasteiger partial charge in [-0.1, -0.05) is 204 Å². The van der Waals surface area contributed by atoms with Crippen LogP contribution in [0.4, 0.5) is 0 Å². The molecule has 0 unspecified atom stereocenters. The second kappa shape index (κ2) is 22.9. The molecule has 0 aliphatic heterocycles. The van der Waals surface area contributed by atoms with E-state index < -0.39 is 0 Å². The lowest BCUT2D eigenvalue weighted by atomic mass is 9.77. The highest BCUT2D eigenvalue weighted by Gasteiger charge is 2.31. The summed E-state index contributed by atoms with van der Waals surface area (Å²) in [6, 6.07) is 62.5. The van der Waals surface area contributed by atoms with Gasteiger partial charge in [-0.25, -0.2) is 9.97 Å². The summed E-state index contributed by atoms with van der Waals surface area (Å²) in [6.07, 6.45) is 34.4. The molecule has 2 heterocycles. The van der Waals surface area contributed by atoms with Gasteiger partial charge in [0.15, 0.2) is 0 Å². The summed E-state index contributed by atoms with van der Waals surface area (Å²) >= 11 is 0. The monoisotopic (exact) mass is 1010 g/mol. The van der Waals surface area contributed by atoms with E-state index in [1.165, 1.54) is 201 Å². The number of imidazole rings is 2. The number of benzene rings is 7. The van der Waals surface area contributed by atoms with Gasteiger partial charge < -0.3 is 0 Å². The van der Waals surface area contributed by atoms with E-state index in [1.807, 2.05) is 0 Å². The van der Waals surface area contributed by atoms with E-state index >= 15 is 0 Å². The molecule has 77 heavy (non-hydrogen) atoms. The smallest absolute Gasteiger partial charge is 0.144 e. The quantitative estimate of drug-likeness (QED) is 0.108. The first-order valence-electron chi connectivity index (χ1n) is 30.0. The van der Waals surface area contributed by atoms with Gasteiger partial charge in [0.25, 0.3) is 0 Å². The number of hydrogen-bond donors (Lipinski definition) is 0. The van der Waals surface area contributed by atoms with Crippen LogP contribution in [-0.2, 0) is 0 Å². The molecule has 4 aliphatic carbocycles. The minimum absolute atomic E-state index is 0.00978. The Morgan fingerprint density at radius 1 is 0.299 bits per heavy atom. The third-order valence-electron chi connectivity index (χ3n) is 18.6. The van der Waals surface area contributed by atoms with Crippen molar-refractivity contribution in [3.8, 4) is 56.4 Å². The van der Waals surface area contributed by atoms with Gasteiger partial charge in [0.1, 0.15) is 11.6 Å². The van der Waals surface area contributed by atoms with Gasteiger partial charge >= 0.3 is 0 Å². The van der Waals surface area contributed by atoms with Crippen LogP contribution in [0, 0.1) is 0 Å². The third kappa shape index (κ3) is 10.3. The minimum atomic E-state index is -0.00978. The van der Waals surface area contributed by atoms with Crippen LogP contribution >= 0.6 is 0 Å². The van der Waals surface area contributed by atoms with Crippen LogP contribution in [0.1, 0.15) is 197 Å². The van der Waals surface area contributed by atoms with Crippen LogP contribution in [0.5, 0.6) is 0 Å². The lowest BCUT2D eigenvalue weighted by Gasteiger charge is -2.31. The molecule has 4 fully saturated rings. The standard InChI is InChI=1S/C73H76N4/c1-8-24-52(25-9-1)63-48-65(54-28-12-3-13-29-54)70(66(49-63)55-30-14-4-15-31-55)76-44-42-74-72(76)61-40-22-38-59(46-61)69(58-36-20-7-21-37-58)60-39-23-41-62(47-60)73-75-43-45-77(73)71-67(56-32-16-5-17-33-56)50-64(53-26-10-2-11-27-53)51-68(71)57-34-18-6-19-35-57/h1-2,7-11,20-27,36-51,54-57,69H,3-6,12-19,28-35H2. The Balaban J connectivity index is 0.924. The fraction of sp³-hybridized carbons (Fsp3) is 0.342. The first kappa shape index (κ1) is 49.5. The largest absolute Gasteiger partial charge is 0.299 e. The second-order valence-corrected chi connectivity index (χ2v) is 23.4. The molecule has 9 aromatic rings. The van der Waals surface area contributed by atoms with Crippen LogP contribution in [0.15, 0.2) is 189 Å². The van der Waals surface area contributed by atoms with Gasteiger partial charge in [-0.3, -0.25) is 9.13 Å². The predicted molar refractivity (Wildman–Crippen MR) is 320 cm³/mol. The lowest BCUT2D eigenvalue weighted by molar-refractivity contribution is 0.434. The molecule has 4 nitrogen and oxygen atoms in total. The van der Waals surface area contributed by atoms with Crippen molar-refractivity contribution in [3.63, 3.8) is 0 Å². The average molecular weight is 1010 g/mol. The van der Waals surface area contributed by atoms with Crippen molar-refractivity contribution < 1.29 is 0 Å². The Labute approximate surface area is 458 Å². The first-order chi connectivity index (χ1) is 38.2. The van der Waals surface area contributed by atoms with Gasteiger partial charge in [0.05, 0.1) is 11.4 Å². The third-order valence-corrected chi connectivity index (χ3v) is 18.6. The van der Waals surface area contributed by atoms with Crippen molar-refractivity contribution in [2.75, 3.05) is 0 Å². The highest BCUT2D eigenvalue weighted by atomic mass is 15.1. The zero-order valence-electron chi connectivity index (χ0n) is 45.2. The Morgan fingerprint density at radius 2 is 0.610 bits per heavy atom. The molecule has 4 heteroatoms. The van der Waals surface area contributed by atoms with E-state index in [9.17, 15) is 0 Å². The minimum Gasteiger partial charge on any atom is -0.299 e. The summed E-state index contributed by atoms with van der Waals surface area (Å²) in [6.45, 7) is 0. The summed E-state index contributed by atoms with van der Waals surface area (Å²) < 4.78 is 5.02. The Morgan fingerprint density at radius 3 is 0.961 bits per heavy atom. The van der Waals surface area contributed by atoms with Gasteiger partial charge in [-0.2, -0.15) is 0 Å². The SMILES string of the molecule is c1ccc(-c2cc(C3CCCCC3)c(-n3ccnc3-c3cccc(C(c4ccccc4)c4cccc(-c5nccn5-c5c(C6CCCCC6)cc(-c6ccccc6)cc5C5CCCCC5)c4)c3)c(C3CCCCC3)c2)cc1. The van der Waals surface area contributed by atoms with Gasteiger partial charge in [-0.15, -0.1) is 0 Å². The second-order valence-electron chi connectivity index (χ2n) is 23.4.